The van der Waals surface area contributed by atoms with Gasteiger partial charge in [0.05, 0.1) is 18.2 Å². The Morgan fingerprint density at radius 3 is 2.47 bits per heavy atom. The Labute approximate surface area is 114 Å². The first kappa shape index (κ1) is 15.2. The molecule has 0 aliphatic rings. The summed E-state index contributed by atoms with van der Waals surface area (Å²) in [4.78, 5) is 11.6. The van der Waals surface area contributed by atoms with Crippen LogP contribution in [0.2, 0.25) is 0 Å². The lowest BCUT2D eigenvalue weighted by Gasteiger charge is -2.16. The number of amides is 1. The number of nitrogens with one attached hydrogen (secondary N) is 2. The van der Waals surface area contributed by atoms with Gasteiger partial charge in [0.15, 0.2) is 0 Å². The SMILES string of the molecule is CCC(C)NC(=O)CNC(C)c1ccc(C#N)cc1. The number of rotatable bonds is 6. The summed E-state index contributed by atoms with van der Waals surface area (Å²) in [6, 6.07) is 9.75. The Bertz CT molecular complexity index is 447. The van der Waals surface area contributed by atoms with E-state index in [4.69, 9.17) is 5.26 Å². The molecule has 0 aliphatic heterocycles. The zero-order valence-corrected chi connectivity index (χ0v) is 11.7. The van der Waals surface area contributed by atoms with E-state index in [0.29, 0.717) is 12.1 Å². The third-order valence-corrected chi connectivity index (χ3v) is 3.13. The number of hydrogen-bond donors (Lipinski definition) is 2. The average Bonchev–Trinajstić information content (AvgIpc) is 2.44. The third kappa shape index (κ3) is 5.11. The van der Waals surface area contributed by atoms with Gasteiger partial charge in [0.2, 0.25) is 5.91 Å². The van der Waals surface area contributed by atoms with Crippen molar-refractivity contribution in [2.45, 2.75) is 39.3 Å². The maximum atomic E-state index is 11.6. The molecule has 0 heterocycles. The van der Waals surface area contributed by atoms with Gasteiger partial charge in [-0.3, -0.25) is 4.79 Å². The van der Waals surface area contributed by atoms with Crippen LogP contribution in [0.25, 0.3) is 0 Å². The average molecular weight is 259 g/mol. The lowest BCUT2D eigenvalue weighted by molar-refractivity contribution is -0.120. The summed E-state index contributed by atoms with van der Waals surface area (Å²) in [6.07, 6.45) is 0.927. The fourth-order valence-corrected chi connectivity index (χ4v) is 1.64. The molecule has 4 nitrogen and oxygen atoms in total. The summed E-state index contributed by atoms with van der Waals surface area (Å²) in [5.74, 6) is 0.00912. The highest BCUT2D eigenvalue weighted by atomic mass is 16.1. The summed E-state index contributed by atoms with van der Waals surface area (Å²) in [5.41, 5.74) is 1.71. The van der Waals surface area contributed by atoms with Crippen molar-refractivity contribution in [3.05, 3.63) is 35.4 Å². The Hall–Kier alpha value is -1.86. The molecule has 2 unspecified atom stereocenters. The zero-order chi connectivity index (χ0) is 14.3. The van der Waals surface area contributed by atoms with E-state index in [-0.39, 0.29) is 18.0 Å². The summed E-state index contributed by atoms with van der Waals surface area (Å²) < 4.78 is 0. The quantitative estimate of drug-likeness (QED) is 0.822. The minimum absolute atomic E-state index is 0.00912. The van der Waals surface area contributed by atoms with Crippen molar-refractivity contribution in [1.29, 1.82) is 5.26 Å². The molecule has 0 spiro atoms. The van der Waals surface area contributed by atoms with Crippen molar-refractivity contribution in [3.63, 3.8) is 0 Å². The number of hydrogen-bond acceptors (Lipinski definition) is 3. The molecule has 0 saturated heterocycles. The molecule has 2 N–H and O–H groups in total. The normalized spacial score (nSPS) is 13.4. The summed E-state index contributed by atoms with van der Waals surface area (Å²) in [6.45, 7) is 6.32. The van der Waals surface area contributed by atoms with Gasteiger partial charge in [-0.05, 0) is 38.0 Å². The number of carbonyl (C=O) groups excluding carboxylic acids is 1. The monoisotopic (exact) mass is 259 g/mol. The predicted octanol–water partition coefficient (Wildman–Crippen LogP) is 2.12. The Kier molecular flexibility index (Phi) is 6.04. The minimum atomic E-state index is 0.00912. The molecule has 0 fully saturated rings. The van der Waals surface area contributed by atoms with Crippen molar-refractivity contribution in [2.24, 2.45) is 0 Å². The highest BCUT2D eigenvalue weighted by molar-refractivity contribution is 5.78. The molecule has 0 aliphatic carbocycles. The standard InChI is InChI=1S/C15H21N3O/c1-4-11(2)18-15(19)10-17-12(3)14-7-5-13(9-16)6-8-14/h5-8,11-12,17H,4,10H2,1-3H3,(H,18,19). The molecule has 1 aromatic rings. The maximum Gasteiger partial charge on any atom is 0.234 e. The fourth-order valence-electron chi connectivity index (χ4n) is 1.64. The van der Waals surface area contributed by atoms with Gasteiger partial charge >= 0.3 is 0 Å². The number of nitrogens with zero attached hydrogens (tertiary/aromatic N) is 1. The van der Waals surface area contributed by atoms with E-state index < -0.39 is 0 Å². The maximum absolute atomic E-state index is 11.6. The van der Waals surface area contributed by atoms with Crippen LogP contribution in [0.5, 0.6) is 0 Å². The van der Waals surface area contributed by atoms with Crippen LogP contribution in [0, 0.1) is 11.3 Å². The summed E-state index contributed by atoms with van der Waals surface area (Å²) in [7, 11) is 0. The second-order valence-corrected chi connectivity index (χ2v) is 4.71. The van der Waals surface area contributed by atoms with E-state index in [9.17, 15) is 4.79 Å². The molecular formula is C15H21N3O. The molecule has 4 heteroatoms. The number of carbonyl (C=O) groups is 1. The van der Waals surface area contributed by atoms with E-state index in [1.54, 1.807) is 12.1 Å². The van der Waals surface area contributed by atoms with E-state index in [1.807, 2.05) is 32.9 Å². The third-order valence-electron chi connectivity index (χ3n) is 3.13. The minimum Gasteiger partial charge on any atom is -0.353 e. The summed E-state index contributed by atoms with van der Waals surface area (Å²) >= 11 is 0. The molecule has 2 atom stereocenters. The van der Waals surface area contributed by atoms with Crippen LogP contribution < -0.4 is 10.6 Å². The Morgan fingerprint density at radius 1 is 1.32 bits per heavy atom. The van der Waals surface area contributed by atoms with Crippen molar-refractivity contribution in [2.75, 3.05) is 6.54 Å². The van der Waals surface area contributed by atoms with Gasteiger partial charge in [-0.2, -0.15) is 5.26 Å². The van der Waals surface area contributed by atoms with Gasteiger partial charge in [-0.25, -0.2) is 0 Å². The molecule has 0 saturated carbocycles. The molecule has 0 aromatic heterocycles. The first-order valence-corrected chi connectivity index (χ1v) is 6.59. The van der Waals surface area contributed by atoms with E-state index in [0.717, 1.165) is 12.0 Å². The molecule has 1 amide bonds. The lowest BCUT2D eigenvalue weighted by Crippen LogP contribution is -2.39. The molecule has 0 radical (unpaired) electrons. The molecule has 19 heavy (non-hydrogen) atoms. The van der Waals surface area contributed by atoms with E-state index in [2.05, 4.69) is 16.7 Å². The summed E-state index contributed by atoms with van der Waals surface area (Å²) in [5, 5.41) is 14.8. The van der Waals surface area contributed by atoms with Gasteiger partial charge in [0.1, 0.15) is 0 Å². The van der Waals surface area contributed by atoms with Crippen LogP contribution in [0.15, 0.2) is 24.3 Å². The second kappa shape index (κ2) is 7.55. The zero-order valence-electron chi connectivity index (χ0n) is 11.7. The Balaban J connectivity index is 2.44. The number of benzene rings is 1. The molecule has 0 bridgehead atoms. The first-order chi connectivity index (χ1) is 9.06. The van der Waals surface area contributed by atoms with Gasteiger partial charge < -0.3 is 10.6 Å². The van der Waals surface area contributed by atoms with Crippen LogP contribution in [-0.2, 0) is 4.79 Å². The van der Waals surface area contributed by atoms with Crippen LogP contribution in [-0.4, -0.2) is 18.5 Å². The van der Waals surface area contributed by atoms with Crippen molar-refractivity contribution < 1.29 is 4.79 Å². The smallest absolute Gasteiger partial charge is 0.234 e. The van der Waals surface area contributed by atoms with Gasteiger partial charge in [-0.15, -0.1) is 0 Å². The van der Waals surface area contributed by atoms with Gasteiger partial charge in [0.25, 0.3) is 0 Å². The van der Waals surface area contributed by atoms with E-state index >= 15 is 0 Å². The molecule has 102 valence electrons. The van der Waals surface area contributed by atoms with Crippen LogP contribution in [0.4, 0.5) is 0 Å². The van der Waals surface area contributed by atoms with Crippen LogP contribution >= 0.6 is 0 Å². The largest absolute Gasteiger partial charge is 0.353 e. The highest BCUT2D eigenvalue weighted by Gasteiger charge is 2.09. The highest BCUT2D eigenvalue weighted by Crippen LogP contribution is 2.12. The van der Waals surface area contributed by atoms with Crippen molar-refractivity contribution in [3.8, 4) is 6.07 Å². The van der Waals surface area contributed by atoms with Gasteiger partial charge in [-0.1, -0.05) is 19.1 Å². The van der Waals surface area contributed by atoms with Crippen molar-refractivity contribution in [1.82, 2.24) is 10.6 Å². The van der Waals surface area contributed by atoms with Crippen LogP contribution in [0.1, 0.15) is 44.4 Å². The van der Waals surface area contributed by atoms with Crippen molar-refractivity contribution >= 4 is 5.91 Å². The second-order valence-electron chi connectivity index (χ2n) is 4.71. The molecule has 1 rings (SSSR count). The topological polar surface area (TPSA) is 64.9 Å². The van der Waals surface area contributed by atoms with Gasteiger partial charge in [0, 0.05) is 12.1 Å². The lowest BCUT2D eigenvalue weighted by atomic mass is 10.1. The molecule has 1 aromatic carbocycles. The van der Waals surface area contributed by atoms with Crippen LogP contribution in [0.3, 0.4) is 0 Å². The predicted molar refractivity (Wildman–Crippen MR) is 75.5 cm³/mol. The Morgan fingerprint density at radius 2 is 1.95 bits per heavy atom. The number of nitriles is 1. The van der Waals surface area contributed by atoms with E-state index in [1.165, 1.54) is 0 Å². The fraction of sp³-hybridized carbons (Fsp3) is 0.467. The molecular weight excluding hydrogens is 238 g/mol. The first-order valence-electron chi connectivity index (χ1n) is 6.59.